The first-order valence-electron chi connectivity index (χ1n) is 5.68. The van der Waals surface area contributed by atoms with Crippen LogP contribution >= 0.6 is 0 Å². The molecular weight excluding hydrogens is 236 g/mol. The lowest BCUT2D eigenvalue weighted by Gasteiger charge is -2.13. The molecule has 0 aliphatic heterocycles. The smallest absolute Gasteiger partial charge is 0.326 e. The van der Waals surface area contributed by atoms with Crippen LogP contribution in [0.1, 0.15) is 35.9 Å². The number of pyridine rings is 1. The van der Waals surface area contributed by atoms with Crippen molar-refractivity contribution in [3.8, 4) is 0 Å². The predicted molar refractivity (Wildman–Crippen MR) is 65.6 cm³/mol. The van der Waals surface area contributed by atoms with E-state index < -0.39 is 17.9 Å². The Bertz CT molecular complexity index is 507. The molecule has 1 aromatic rings. The van der Waals surface area contributed by atoms with Crippen LogP contribution in [0, 0.1) is 6.92 Å². The number of carboxylic acids is 1. The zero-order valence-electron chi connectivity index (χ0n) is 10.3. The molecule has 1 heterocycles. The van der Waals surface area contributed by atoms with E-state index in [0.717, 1.165) is 6.07 Å². The molecule has 1 amide bonds. The number of amides is 1. The molecule has 0 saturated carbocycles. The second-order valence-electron chi connectivity index (χ2n) is 4.07. The predicted octanol–water partition coefficient (Wildman–Crippen LogP) is 0.666. The number of carbonyl (C=O) groups is 2. The lowest BCUT2D eigenvalue weighted by Crippen LogP contribution is -2.41. The summed E-state index contributed by atoms with van der Waals surface area (Å²) in [6.45, 7) is 3.48. The van der Waals surface area contributed by atoms with Crippen LogP contribution in [0.15, 0.2) is 16.9 Å². The maximum absolute atomic E-state index is 11.8. The van der Waals surface area contributed by atoms with Gasteiger partial charge in [0.1, 0.15) is 11.7 Å². The normalized spacial score (nSPS) is 11.9. The third kappa shape index (κ3) is 3.73. The van der Waals surface area contributed by atoms with Crippen molar-refractivity contribution in [1.29, 1.82) is 0 Å². The van der Waals surface area contributed by atoms with Gasteiger partial charge in [-0.05, 0) is 13.3 Å². The fourth-order valence-corrected chi connectivity index (χ4v) is 1.59. The van der Waals surface area contributed by atoms with E-state index in [-0.39, 0.29) is 11.1 Å². The maximum atomic E-state index is 11.8. The molecule has 3 N–H and O–H groups in total. The van der Waals surface area contributed by atoms with Crippen molar-refractivity contribution >= 4 is 11.9 Å². The van der Waals surface area contributed by atoms with Crippen molar-refractivity contribution in [2.24, 2.45) is 0 Å². The molecule has 0 aliphatic rings. The van der Waals surface area contributed by atoms with Crippen molar-refractivity contribution in [3.63, 3.8) is 0 Å². The van der Waals surface area contributed by atoms with Crippen molar-refractivity contribution in [2.45, 2.75) is 32.7 Å². The minimum Gasteiger partial charge on any atom is -0.480 e. The fourth-order valence-electron chi connectivity index (χ4n) is 1.59. The zero-order valence-corrected chi connectivity index (χ0v) is 10.3. The van der Waals surface area contributed by atoms with Gasteiger partial charge in [0.15, 0.2) is 5.43 Å². The second kappa shape index (κ2) is 6.00. The summed E-state index contributed by atoms with van der Waals surface area (Å²) >= 11 is 0. The average Bonchev–Trinajstić information content (AvgIpc) is 2.26. The Balaban J connectivity index is 2.86. The average molecular weight is 252 g/mol. The first kappa shape index (κ1) is 14.0. The number of aryl methyl sites for hydroxylation is 1. The topological polar surface area (TPSA) is 99.3 Å². The third-order valence-electron chi connectivity index (χ3n) is 2.40. The number of aromatic nitrogens is 1. The molecule has 18 heavy (non-hydrogen) atoms. The quantitative estimate of drug-likeness (QED) is 0.717. The van der Waals surface area contributed by atoms with Gasteiger partial charge in [-0.25, -0.2) is 4.79 Å². The minimum absolute atomic E-state index is 0.0716. The second-order valence-corrected chi connectivity index (χ2v) is 4.07. The summed E-state index contributed by atoms with van der Waals surface area (Å²) in [5, 5.41) is 11.3. The Morgan fingerprint density at radius 2 is 2.11 bits per heavy atom. The monoisotopic (exact) mass is 252 g/mol. The van der Waals surface area contributed by atoms with Crippen LogP contribution in [0.4, 0.5) is 0 Å². The highest BCUT2D eigenvalue weighted by Gasteiger charge is 2.20. The summed E-state index contributed by atoms with van der Waals surface area (Å²) in [7, 11) is 0. The molecule has 6 heteroatoms. The van der Waals surface area contributed by atoms with Gasteiger partial charge in [-0.3, -0.25) is 9.59 Å². The lowest BCUT2D eigenvalue weighted by molar-refractivity contribution is -0.139. The van der Waals surface area contributed by atoms with Gasteiger partial charge in [0, 0.05) is 17.8 Å². The molecule has 1 atom stereocenters. The number of nitrogens with one attached hydrogen (secondary N) is 2. The van der Waals surface area contributed by atoms with Gasteiger partial charge in [-0.2, -0.15) is 0 Å². The highest BCUT2D eigenvalue weighted by atomic mass is 16.4. The molecule has 1 rings (SSSR count). The van der Waals surface area contributed by atoms with Crippen LogP contribution in [0.25, 0.3) is 0 Å². The van der Waals surface area contributed by atoms with E-state index in [0.29, 0.717) is 18.5 Å². The summed E-state index contributed by atoms with van der Waals surface area (Å²) in [6, 6.07) is 1.57. The molecule has 0 aromatic carbocycles. The molecule has 0 radical (unpaired) electrons. The zero-order chi connectivity index (χ0) is 13.7. The van der Waals surface area contributed by atoms with E-state index >= 15 is 0 Å². The van der Waals surface area contributed by atoms with Gasteiger partial charge >= 0.3 is 5.97 Å². The third-order valence-corrected chi connectivity index (χ3v) is 2.40. The van der Waals surface area contributed by atoms with Crippen molar-refractivity contribution in [1.82, 2.24) is 10.3 Å². The van der Waals surface area contributed by atoms with Gasteiger partial charge in [0.05, 0.1) is 0 Å². The summed E-state index contributed by atoms with van der Waals surface area (Å²) in [5.74, 6) is -1.67. The Morgan fingerprint density at radius 3 is 2.61 bits per heavy atom. The molecule has 0 spiro atoms. The first-order valence-corrected chi connectivity index (χ1v) is 5.68. The number of aliphatic carboxylic acids is 1. The van der Waals surface area contributed by atoms with Gasteiger partial charge < -0.3 is 15.4 Å². The van der Waals surface area contributed by atoms with E-state index in [9.17, 15) is 14.4 Å². The molecule has 6 nitrogen and oxygen atoms in total. The van der Waals surface area contributed by atoms with Gasteiger partial charge in [0.25, 0.3) is 5.91 Å². The van der Waals surface area contributed by atoms with Crippen molar-refractivity contribution in [3.05, 3.63) is 33.7 Å². The number of aromatic amines is 1. The van der Waals surface area contributed by atoms with E-state index in [4.69, 9.17) is 5.11 Å². The molecule has 0 fully saturated rings. The van der Waals surface area contributed by atoms with Crippen LogP contribution < -0.4 is 10.7 Å². The van der Waals surface area contributed by atoms with Crippen LogP contribution in [0.3, 0.4) is 0 Å². The molecular formula is C12H16N2O4. The van der Waals surface area contributed by atoms with E-state index in [2.05, 4.69) is 10.3 Å². The lowest BCUT2D eigenvalue weighted by atomic mass is 10.1. The highest BCUT2D eigenvalue weighted by molar-refractivity contribution is 5.94. The molecule has 0 unspecified atom stereocenters. The molecule has 1 aromatic heterocycles. The largest absolute Gasteiger partial charge is 0.480 e. The van der Waals surface area contributed by atoms with E-state index in [1.807, 2.05) is 6.92 Å². The summed E-state index contributed by atoms with van der Waals surface area (Å²) in [6.07, 6.45) is 0.985. The SMILES string of the molecule is CCC[C@@H](NC(=O)c1cc(=O)cc(C)[nH]1)C(=O)O. The maximum Gasteiger partial charge on any atom is 0.326 e. The Hall–Kier alpha value is -2.11. The van der Waals surface area contributed by atoms with E-state index in [1.54, 1.807) is 6.92 Å². The van der Waals surface area contributed by atoms with Crippen molar-refractivity contribution in [2.75, 3.05) is 0 Å². The number of carboxylic acid groups (broad SMARTS) is 1. The van der Waals surface area contributed by atoms with Crippen LogP contribution in [0.2, 0.25) is 0 Å². The molecule has 0 bridgehead atoms. The summed E-state index contributed by atoms with van der Waals surface area (Å²) in [5.41, 5.74) is 0.330. The van der Waals surface area contributed by atoms with Gasteiger partial charge in [-0.15, -0.1) is 0 Å². The van der Waals surface area contributed by atoms with Crippen LogP contribution in [-0.2, 0) is 4.79 Å². The van der Waals surface area contributed by atoms with Crippen LogP contribution in [-0.4, -0.2) is 28.0 Å². The minimum atomic E-state index is -1.08. The summed E-state index contributed by atoms with van der Waals surface area (Å²) < 4.78 is 0. The molecule has 0 saturated heterocycles. The van der Waals surface area contributed by atoms with Gasteiger partial charge in [-0.1, -0.05) is 13.3 Å². The Labute approximate surface area is 104 Å². The molecule has 98 valence electrons. The number of hydrogen-bond acceptors (Lipinski definition) is 3. The Kier molecular flexibility index (Phi) is 4.65. The van der Waals surface area contributed by atoms with Crippen LogP contribution in [0.5, 0.6) is 0 Å². The van der Waals surface area contributed by atoms with Crippen molar-refractivity contribution < 1.29 is 14.7 Å². The number of H-pyrrole nitrogens is 1. The number of rotatable bonds is 5. The number of carbonyl (C=O) groups excluding carboxylic acids is 1. The molecule has 0 aliphatic carbocycles. The van der Waals surface area contributed by atoms with E-state index in [1.165, 1.54) is 6.07 Å². The fraction of sp³-hybridized carbons (Fsp3) is 0.417. The Morgan fingerprint density at radius 1 is 1.44 bits per heavy atom. The highest BCUT2D eigenvalue weighted by Crippen LogP contribution is 2.00. The summed E-state index contributed by atoms with van der Waals surface area (Å²) in [4.78, 5) is 36.7. The standard InChI is InChI=1S/C12H16N2O4/c1-3-4-9(12(17)18)14-11(16)10-6-8(15)5-7(2)13-10/h5-6,9H,3-4H2,1-2H3,(H,13,15)(H,14,16)(H,17,18)/t9-/m1/s1. The van der Waals surface area contributed by atoms with Gasteiger partial charge in [0.2, 0.25) is 0 Å². The first-order chi connectivity index (χ1) is 8.43. The number of hydrogen-bond donors (Lipinski definition) is 3.